The maximum Gasteiger partial charge on any atom is 0.255 e. The summed E-state index contributed by atoms with van der Waals surface area (Å²) in [5.41, 5.74) is 2.69. The maximum absolute atomic E-state index is 12.6. The quantitative estimate of drug-likeness (QED) is 0.919. The molecule has 1 atom stereocenters. The Morgan fingerprint density at radius 2 is 2.25 bits per heavy atom. The number of hydrogen-bond acceptors (Lipinski definition) is 3. The van der Waals surface area contributed by atoms with E-state index >= 15 is 0 Å². The van der Waals surface area contributed by atoms with Crippen LogP contribution in [0.15, 0.2) is 18.2 Å². The SMILES string of the molecule is CNc1ccc(C)cc1C(=O)N(C)CC1CCCCO1. The van der Waals surface area contributed by atoms with Gasteiger partial charge in [-0.05, 0) is 38.3 Å². The van der Waals surface area contributed by atoms with Gasteiger partial charge in [-0.3, -0.25) is 4.79 Å². The molecule has 1 N–H and O–H groups in total. The number of carbonyl (C=O) groups excluding carboxylic acids is 1. The lowest BCUT2D eigenvalue weighted by atomic mass is 10.1. The highest BCUT2D eigenvalue weighted by molar-refractivity contribution is 5.99. The van der Waals surface area contributed by atoms with Gasteiger partial charge in [-0.2, -0.15) is 0 Å². The Labute approximate surface area is 121 Å². The van der Waals surface area contributed by atoms with Crippen molar-refractivity contribution in [3.05, 3.63) is 29.3 Å². The van der Waals surface area contributed by atoms with Crippen molar-refractivity contribution in [2.24, 2.45) is 0 Å². The molecule has 110 valence electrons. The number of carbonyl (C=O) groups is 1. The van der Waals surface area contributed by atoms with Crippen molar-refractivity contribution in [3.63, 3.8) is 0 Å². The number of aryl methyl sites for hydroxylation is 1. The van der Waals surface area contributed by atoms with Crippen molar-refractivity contribution in [3.8, 4) is 0 Å². The van der Waals surface area contributed by atoms with Crippen molar-refractivity contribution < 1.29 is 9.53 Å². The number of nitrogens with zero attached hydrogens (tertiary/aromatic N) is 1. The van der Waals surface area contributed by atoms with Gasteiger partial charge < -0.3 is 15.0 Å². The largest absolute Gasteiger partial charge is 0.387 e. The van der Waals surface area contributed by atoms with Gasteiger partial charge in [-0.25, -0.2) is 0 Å². The van der Waals surface area contributed by atoms with Gasteiger partial charge in [0.25, 0.3) is 5.91 Å². The summed E-state index contributed by atoms with van der Waals surface area (Å²) in [6.45, 7) is 3.48. The molecule has 0 saturated carbocycles. The summed E-state index contributed by atoms with van der Waals surface area (Å²) in [6.07, 6.45) is 3.56. The molecule has 20 heavy (non-hydrogen) atoms. The molecule has 0 bridgehead atoms. The molecular formula is C16H24N2O2. The molecule has 0 aromatic heterocycles. The van der Waals surface area contributed by atoms with Crippen molar-refractivity contribution in [1.29, 1.82) is 0 Å². The third-order valence-corrected chi connectivity index (χ3v) is 3.77. The van der Waals surface area contributed by atoms with E-state index in [0.29, 0.717) is 6.54 Å². The highest BCUT2D eigenvalue weighted by Crippen LogP contribution is 2.20. The Morgan fingerprint density at radius 3 is 2.90 bits per heavy atom. The van der Waals surface area contributed by atoms with Gasteiger partial charge in [0.1, 0.15) is 0 Å². The number of amides is 1. The van der Waals surface area contributed by atoms with Crippen molar-refractivity contribution in [2.45, 2.75) is 32.3 Å². The third kappa shape index (κ3) is 3.51. The highest BCUT2D eigenvalue weighted by atomic mass is 16.5. The number of anilines is 1. The molecule has 2 rings (SSSR count). The van der Waals surface area contributed by atoms with Gasteiger partial charge in [-0.1, -0.05) is 11.6 Å². The first kappa shape index (κ1) is 14.9. The fourth-order valence-electron chi connectivity index (χ4n) is 2.60. The molecule has 1 amide bonds. The number of benzene rings is 1. The minimum Gasteiger partial charge on any atom is -0.387 e. The monoisotopic (exact) mass is 276 g/mol. The fraction of sp³-hybridized carbons (Fsp3) is 0.562. The Balaban J connectivity index is 2.07. The predicted molar refractivity (Wildman–Crippen MR) is 81.3 cm³/mol. The van der Waals surface area contributed by atoms with Crippen molar-refractivity contribution in [1.82, 2.24) is 4.90 Å². The van der Waals surface area contributed by atoms with Gasteiger partial charge in [0.15, 0.2) is 0 Å². The number of ether oxygens (including phenoxy) is 1. The van der Waals surface area contributed by atoms with E-state index in [1.807, 2.05) is 39.2 Å². The number of hydrogen-bond donors (Lipinski definition) is 1. The van der Waals surface area contributed by atoms with Crippen LogP contribution >= 0.6 is 0 Å². The molecule has 0 radical (unpaired) electrons. The molecule has 0 spiro atoms. The molecule has 1 saturated heterocycles. The zero-order valence-electron chi connectivity index (χ0n) is 12.6. The van der Waals surface area contributed by atoms with Crippen LogP contribution in [0.4, 0.5) is 5.69 Å². The van der Waals surface area contributed by atoms with Crippen LogP contribution in [0.5, 0.6) is 0 Å². The third-order valence-electron chi connectivity index (χ3n) is 3.77. The van der Waals surface area contributed by atoms with Gasteiger partial charge in [0.05, 0.1) is 11.7 Å². The summed E-state index contributed by atoms with van der Waals surface area (Å²) in [6, 6.07) is 5.90. The van der Waals surface area contributed by atoms with Crippen molar-refractivity contribution >= 4 is 11.6 Å². The maximum atomic E-state index is 12.6. The average Bonchev–Trinajstić information content (AvgIpc) is 2.47. The van der Waals surface area contributed by atoms with Crippen LogP contribution in [0, 0.1) is 6.92 Å². The normalized spacial score (nSPS) is 18.6. The number of likely N-dealkylation sites (N-methyl/N-ethyl adjacent to an activating group) is 1. The van der Waals surface area contributed by atoms with Crippen LogP contribution in [0.1, 0.15) is 35.2 Å². The molecule has 1 fully saturated rings. The van der Waals surface area contributed by atoms with E-state index in [9.17, 15) is 4.79 Å². The van der Waals surface area contributed by atoms with Crippen LogP contribution in [0.2, 0.25) is 0 Å². The average molecular weight is 276 g/mol. The summed E-state index contributed by atoms with van der Waals surface area (Å²) < 4.78 is 5.71. The first-order valence-corrected chi connectivity index (χ1v) is 7.27. The van der Waals surface area contributed by atoms with E-state index in [1.54, 1.807) is 4.90 Å². The number of rotatable bonds is 4. The van der Waals surface area contributed by atoms with Crippen LogP contribution in [0.25, 0.3) is 0 Å². The number of nitrogens with one attached hydrogen (secondary N) is 1. The molecule has 1 aromatic carbocycles. The summed E-state index contributed by atoms with van der Waals surface area (Å²) >= 11 is 0. The standard InChI is InChI=1S/C16H24N2O2/c1-12-7-8-15(17-2)14(10-12)16(19)18(3)11-13-6-4-5-9-20-13/h7-8,10,13,17H,4-6,9,11H2,1-3H3. The first-order chi connectivity index (χ1) is 9.61. The van der Waals surface area contributed by atoms with Crippen molar-refractivity contribution in [2.75, 3.05) is 32.6 Å². The zero-order valence-corrected chi connectivity index (χ0v) is 12.6. The summed E-state index contributed by atoms with van der Waals surface area (Å²) in [5, 5.41) is 3.08. The molecule has 1 aliphatic heterocycles. The van der Waals surface area contributed by atoms with E-state index < -0.39 is 0 Å². The van der Waals surface area contributed by atoms with Gasteiger partial charge in [0.2, 0.25) is 0 Å². The molecule has 0 aliphatic carbocycles. The van der Waals surface area contributed by atoms with Gasteiger partial charge in [-0.15, -0.1) is 0 Å². The Morgan fingerprint density at radius 1 is 1.45 bits per heavy atom. The topological polar surface area (TPSA) is 41.6 Å². The van der Waals surface area contributed by atoms with E-state index in [0.717, 1.165) is 36.3 Å². The van der Waals surface area contributed by atoms with E-state index in [2.05, 4.69) is 5.32 Å². The second-order valence-corrected chi connectivity index (χ2v) is 5.47. The minimum atomic E-state index is 0.0484. The minimum absolute atomic E-state index is 0.0484. The lowest BCUT2D eigenvalue weighted by Gasteiger charge is -2.28. The summed E-state index contributed by atoms with van der Waals surface area (Å²) in [7, 11) is 3.69. The smallest absolute Gasteiger partial charge is 0.255 e. The lowest BCUT2D eigenvalue weighted by molar-refractivity contribution is -0.000172. The predicted octanol–water partition coefficient (Wildman–Crippen LogP) is 2.68. The fourth-order valence-corrected chi connectivity index (χ4v) is 2.60. The molecule has 4 heteroatoms. The van der Waals surface area contributed by atoms with Crippen LogP contribution < -0.4 is 5.32 Å². The summed E-state index contributed by atoms with van der Waals surface area (Å²) in [5.74, 6) is 0.0484. The van der Waals surface area contributed by atoms with Crippen LogP contribution in [-0.2, 0) is 4.74 Å². The Hall–Kier alpha value is -1.55. The Kier molecular flexibility index (Phi) is 5.01. The lowest BCUT2D eigenvalue weighted by Crippen LogP contribution is -2.37. The second-order valence-electron chi connectivity index (χ2n) is 5.47. The summed E-state index contributed by atoms with van der Waals surface area (Å²) in [4.78, 5) is 14.4. The van der Waals surface area contributed by atoms with Gasteiger partial charge in [0, 0.05) is 32.9 Å². The molecule has 4 nitrogen and oxygen atoms in total. The first-order valence-electron chi connectivity index (χ1n) is 7.27. The van der Waals surface area contributed by atoms with E-state index in [4.69, 9.17) is 4.74 Å². The van der Waals surface area contributed by atoms with E-state index in [-0.39, 0.29) is 12.0 Å². The molecule has 1 unspecified atom stereocenters. The molecule has 1 aromatic rings. The second kappa shape index (κ2) is 6.75. The highest BCUT2D eigenvalue weighted by Gasteiger charge is 2.21. The van der Waals surface area contributed by atoms with Crippen LogP contribution in [0.3, 0.4) is 0 Å². The molecule has 1 aliphatic rings. The molecule has 1 heterocycles. The Bertz CT molecular complexity index is 468. The van der Waals surface area contributed by atoms with Crippen LogP contribution in [-0.4, -0.2) is 44.2 Å². The van der Waals surface area contributed by atoms with E-state index in [1.165, 1.54) is 6.42 Å². The molecular weight excluding hydrogens is 252 g/mol. The van der Waals surface area contributed by atoms with Gasteiger partial charge >= 0.3 is 0 Å². The zero-order chi connectivity index (χ0) is 14.5.